The zero-order valence-corrected chi connectivity index (χ0v) is 12.9. The normalized spacial score (nSPS) is 26.4. The van der Waals surface area contributed by atoms with Crippen LogP contribution in [0, 0.1) is 17.8 Å². The van der Waals surface area contributed by atoms with Gasteiger partial charge < -0.3 is 15.8 Å². The molecule has 3 rings (SSSR count). The number of nitrogens with one attached hydrogen (secondary N) is 1. The lowest BCUT2D eigenvalue weighted by Crippen LogP contribution is -2.35. The fourth-order valence-electron chi connectivity index (χ4n) is 3.51. The Morgan fingerprint density at radius 1 is 1.29 bits per heavy atom. The first-order chi connectivity index (χ1) is 9.74. The second kappa shape index (κ2) is 7.14. The zero-order valence-electron chi connectivity index (χ0n) is 12.1. The van der Waals surface area contributed by atoms with Crippen molar-refractivity contribution in [1.82, 2.24) is 5.32 Å². The molecule has 1 amide bonds. The Labute approximate surface area is 131 Å². The molecule has 0 bridgehead atoms. The number of carbonyl (C=O) groups is 1. The number of benzene rings is 1. The molecule has 2 aliphatic rings. The number of ether oxygens (including phenoxy) is 1. The van der Waals surface area contributed by atoms with Crippen molar-refractivity contribution in [2.24, 2.45) is 23.5 Å². The number of fused-ring (bicyclic) bond motifs is 1. The van der Waals surface area contributed by atoms with E-state index < -0.39 is 5.91 Å². The van der Waals surface area contributed by atoms with E-state index in [1.165, 1.54) is 25.9 Å². The number of halogens is 1. The summed E-state index contributed by atoms with van der Waals surface area (Å²) >= 11 is 0. The average Bonchev–Trinajstić information content (AvgIpc) is 2.80. The van der Waals surface area contributed by atoms with Crippen molar-refractivity contribution in [3.05, 3.63) is 29.8 Å². The average molecular weight is 311 g/mol. The molecule has 1 saturated carbocycles. The molecule has 1 aliphatic heterocycles. The van der Waals surface area contributed by atoms with Gasteiger partial charge in [0.2, 0.25) is 5.91 Å². The van der Waals surface area contributed by atoms with Crippen LogP contribution < -0.4 is 15.8 Å². The van der Waals surface area contributed by atoms with E-state index in [0.717, 1.165) is 36.5 Å². The van der Waals surface area contributed by atoms with Crippen LogP contribution in [0.1, 0.15) is 29.6 Å². The van der Waals surface area contributed by atoms with E-state index in [2.05, 4.69) is 5.32 Å². The summed E-state index contributed by atoms with van der Waals surface area (Å²) in [6, 6.07) is 7.03. The fourth-order valence-corrected chi connectivity index (χ4v) is 3.51. The second-order valence-corrected chi connectivity index (χ2v) is 5.96. The summed E-state index contributed by atoms with van der Waals surface area (Å²) in [7, 11) is 0. The largest absolute Gasteiger partial charge is 0.494 e. The van der Waals surface area contributed by atoms with Crippen molar-refractivity contribution < 1.29 is 9.53 Å². The van der Waals surface area contributed by atoms with E-state index >= 15 is 0 Å². The third kappa shape index (κ3) is 3.69. The lowest BCUT2D eigenvalue weighted by molar-refractivity contribution is 0.1000. The van der Waals surface area contributed by atoms with Gasteiger partial charge in [-0.3, -0.25) is 4.79 Å². The SMILES string of the molecule is Cl.NC(=O)c1ccc(OCCCC2C[C@H]3CNC[C@@H]23)cc1. The molecule has 0 spiro atoms. The van der Waals surface area contributed by atoms with Crippen LogP contribution >= 0.6 is 12.4 Å². The van der Waals surface area contributed by atoms with Crippen molar-refractivity contribution in [2.75, 3.05) is 19.7 Å². The molecule has 2 fully saturated rings. The van der Waals surface area contributed by atoms with Gasteiger partial charge in [-0.1, -0.05) is 0 Å². The number of hydrogen-bond donors (Lipinski definition) is 2. The summed E-state index contributed by atoms with van der Waals surface area (Å²) in [5, 5.41) is 3.48. The number of primary amides is 1. The summed E-state index contributed by atoms with van der Waals surface area (Å²) in [5.74, 6) is 3.17. The smallest absolute Gasteiger partial charge is 0.248 e. The van der Waals surface area contributed by atoms with Crippen molar-refractivity contribution in [3.63, 3.8) is 0 Å². The molecule has 1 aliphatic carbocycles. The maximum atomic E-state index is 11.0. The monoisotopic (exact) mass is 310 g/mol. The molecule has 21 heavy (non-hydrogen) atoms. The van der Waals surface area contributed by atoms with Gasteiger partial charge in [0.25, 0.3) is 0 Å². The van der Waals surface area contributed by atoms with E-state index in [-0.39, 0.29) is 12.4 Å². The van der Waals surface area contributed by atoms with E-state index in [4.69, 9.17) is 10.5 Å². The molecule has 5 heteroatoms. The molecule has 1 saturated heterocycles. The van der Waals surface area contributed by atoms with E-state index in [9.17, 15) is 4.79 Å². The van der Waals surface area contributed by atoms with Gasteiger partial charge in [0, 0.05) is 5.56 Å². The van der Waals surface area contributed by atoms with E-state index in [0.29, 0.717) is 5.56 Å². The van der Waals surface area contributed by atoms with Crippen LogP contribution in [0.25, 0.3) is 0 Å². The van der Waals surface area contributed by atoms with Crippen molar-refractivity contribution >= 4 is 18.3 Å². The lowest BCUT2D eigenvalue weighted by Gasteiger charge is -2.39. The highest BCUT2D eigenvalue weighted by molar-refractivity contribution is 5.92. The van der Waals surface area contributed by atoms with Crippen LogP contribution in [0.4, 0.5) is 0 Å². The molecule has 4 nitrogen and oxygen atoms in total. The molecule has 1 unspecified atom stereocenters. The lowest BCUT2D eigenvalue weighted by atomic mass is 9.65. The van der Waals surface area contributed by atoms with Crippen molar-refractivity contribution in [1.29, 1.82) is 0 Å². The molecule has 116 valence electrons. The minimum atomic E-state index is -0.402. The van der Waals surface area contributed by atoms with Crippen LogP contribution in [-0.2, 0) is 0 Å². The van der Waals surface area contributed by atoms with Crippen LogP contribution in [0.3, 0.4) is 0 Å². The molecule has 1 aromatic rings. The summed E-state index contributed by atoms with van der Waals surface area (Å²) in [5.41, 5.74) is 5.72. The third-order valence-electron chi connectivity index (χ3n) is 4.73. The van der Waals surface area contributed by atoms with Crippen LogP contribution in [0.5, 0.6) is 5.75 Å². The topological polar surface area (TPSA) is 64.4 Å². The van der Waals surface area contributed by atoms with Gasteiger partial charge in [-0.15, -0.1) is 12.4 Å². The van der Waals surface area contributed by atoms with Crippen LogP contribution in [0.15, 0.2) is 24.3 Å². The number of carbonyl (C=O) groups excluding carboxylic acids is 1. The van der Waals surface area contributed by atoms with Crippen molar-refractivity contribution in [3.8, 4) is 5.75 Å². The number of hydrogen-bond acceptors (Lipinski definition) is 3. The summed E-state index contributed by atoms with van der Waals surface area (Å²) < 4.78 is 5.70. The first-order valence-electron chi connectivity index (χ1n) is 7.47. The molecular formula is C16H23ClN2O2. The van der Waals surface area contributed by atoms with Gasteiger partial charge in [0.05, 0.1) is 6.61 Å². The summed E-state index contributed by atoms with van der Waals surface area (Å²) in [6.07, 6.45) is 3.76. The van der Waals surface area contributed by atoms with Crippen LogP contribution in [-0.4, -0.2) is 25.6 Å². The Balaban J connectivity index is 0.00000161. The third-order valence-corrected chi connectivity index (χ3v) is 4.73. The highest BCUT2D eigenvalue weighted by atomic mass is 35.5. The number of nitrogens with two attached hydrogens (primary N) is 1. The standard InChI is InChI=1S/C16H22N2O2.ClH/c17-16(19)11-3-5-14(6-4-11)20-7-1-2-12-8-13-9-18-10-15(12)13;/h3-6,12-13,15,18H,1-2,7-10H2,(H2,17,19);1H/t12?,13-,15-;/m0./s1. The van der Waals surface area contributed by atoms with Gasteiger partial charge >= 0.3 is 0 Å². The number of rotatable bonds is 6. The predicted molar refractivity (Wildman–Crippen MR) is 84.9 cm³/mol. The van der Waals surface area contributed by atoms with Gasteiger partial charge in [0.1, 0.15) is 5.75 Å². The highest BCUT2D eigenvalue weighted by Gasteiger charge is 2.42. The Morgan fingerprint density at radius 2 is 2.05 bits per heavy atom. The second-order valence-electron chi connectivity index (χ2n) is 5.96. The fraction of sp³-hybridized carbons (Fsp3) is 0.562. The Bertz CT molecular complexity index is 478. The van der Waals surface area contributed by atoms with E-state index in [1.54, 1.807) is 24.3 Å². The quantitative estimate of drug-likeness (QED) is 0.792. The van der Waals surface area contributed by atoms with Gasteiger partial charge in [-0.25, -0.2) is 0 Å². The molecule has 3 atom stereocenters. The first-order valence-corrected chi connectivity index (χ1v) is 7.47. The number of amides is 1. The van der Waals surface area contributed by atoms with E-state index in [1.807, 2.05) is 0 Å². The molecule has 0 radical (unpaired) electrons. The molecule has 3 N–H and O–H groups in total. The first kappa shape index (κ1) is 16.1. The Kier molecular flexibility index (Phi) is 5.48. The maximum absolute atomic E-state index is 11.0. The van der Waals surface area contributed by atoms with Crippen molar-refractivity contribution in [2.45, 2.75) is 19.3 Å². The maximum Gasteiger partial charge on any atom is 0.248 e. The summed E-state index contributed by atoms with van der Waals surface area (Å²) in [6.45, 7) is 3.19. The molecule has 0 aromatic heterocycles. The zero-order chi connectivity index (χ0) is 13.9. The Hall–Kier alpha value is -1.26. The predicted octanol–water partition coefficient (Wildman–Crippen LogP) is 2.22. The molecule has 1 heterocycles. The van der Waals surface area contributed by atoms with Gasteiger partial charge in [-0.2, -0.15) is 0 Å². The highest BCUT2D eigenvalue weighted by Crippen LogP contribution is 2.44. The molecular weight excluding hydrogens is 288 g/mol. The van der Waals surface area contributed by atoms with Gasteiger partial charge in [0.15, 0.2) is 0 Å². The Morgan fingerprint density at radius 3 is 2.71 bits per heavy atom. The van der Waals surface area contributed by atoms with Crippen LogP contribution in [0.2, 0.25) is 0 Å². The minimum absolute atomic E-state index is 0. The summed E-state index contributed by atoms with van der Waals surface area (Å²) in [4.78, 5) is 11.0. The minimum Gasteiger partial charge on any atom is -0.494 e. The van der Waals surface area contributed by atoms with Gasteiger partial charge in [-0.05, 0) is 74.4 Å². The molecule has 1 aromatic carbocycles.